The minimum Gasteiger partial charge on any atom is -0.122 e. The van der Waals surface area contributed by atoms with Crippen LogP contribution in [0.3, 0.4) is 0 Å². The highest BCUT2D eigenvalue weighted by atomic mass is 32.2. The van der Waals surface area contributed by atoms with Crippen LogP contribution in [0.25, 0.3) is 0 Å². The van der Waals surface area contributed by atoms with Gasteiger partial charge in [-0.25, -0.2) is 0 Å². The quantitative estimate of drug-likeness (QED) is 0.691. The van der Waals surface area contributed by atoms with Gasteiger partial charge in [0.1, 0.15) is 0 Å². The molecule has 16 heavy (non-hydrogen) atoms. The molecule has 1 aromatic rings. The molecule has 2 rings (SSSR count). The van der Waals surface area contributed by atoms with Gasteiger partial charge in [-0.05, 0) is 44.7 Å². The molecule has 0 nitrogen and oxygen atoms in total. The normalized spacial score (nSPS) is 17.7. The van der Waals surface area contributed by atoms with Crippen LogP contribution in [-0.4, -0.2) is 5.25 Å². The summed E-state index contributed by atoms with van der Waals surface area (Å²) in [6.45, 7) is 6.70. The van der Waals surface area contributed by atoms with Gasteiger partial charge in [0.25, 0.3) is 0 Å². The van der Waals surface area contributed by atoms with E-state index in [0.29, 0.717) is 0 Å². The van der Waals surface area contributed by atoms with E-state index in [1.54, 1.807) is 0 Å². The van der Waals surface area contributed by atoms with Crippen LogP contribution in [-0.2, 0) is 0 Å². The first-order valence-corrected chi connectivity index (χ1v) is 7.29. The molecule has 0 heterocycles. The molecule has 88 valence electrons. The Balaban J connectivity index is 2.14. The highest BCUT2D eigenvalue weighted by Gasteiger charge is 2.16. The van der Waals surface area contributed by atoms with Gasteiger partial charge in [0.05, 0.1) is 0 Å². The van der Waals surface area contributed by atoms with Crippen LogP contribution in [0.5, 0.6) is 0 Å². The zero-order valence-corrected chi connectivity index (χ0v) is 11.5. The van der Waals surface area contributed by atoms with Crippen molar-refractivity contribution in [2.45, 2.75) is 63.0 Å². The first-order valence-electron chi connectivity index (χ1n) is 6.41. The predicted molar refractivity (Wildman–Crippen MR) is 73.4 cm³/mol. The smallest absolute Gasteiger partial charge is 0.0133 e. The van der Waals surface area contributed by atoms with E-state index >= 15 is 0 Å². The third-order valence-electron chi connectivity index (χ3n) is 3.44. The van der Waals surface area contributed by atoms with Crippen molar-refractivity contribution in [3.63, 3.8) is 0 Å². The Hall–Kier alpha value is -0.430. The van der Waals surface area contributed by atoms with E-state index in [1.807, 2.05) is 0 Å². The van der Waals surface area contributed by atoms with Gasteiger partial charge in [-0.3, -0.25) is 0 Å². The van der Waals surface area contributed by atoms with Crippen LogP contribution < -0.4 is 0 Å². The maximum Gasteiger partial charge on any atom is 0.0133 e. The molecule has 1 aliphatic rings. The lowest BCUT2D eigenvalue weighted by molar-refractivity contribution is 0.516. The van der Waals surface area contributed by atoms with Crippen molar-refractivity contribution < 1.29 is 0 Å². The lowest BCUT2D eigenvalue weighted by Gasteiger charge is -2.23. The van der Waals surface area contributed by atoms with Crippen molar-refractivity contribution >= 4 is 11.8 Å². The molecule has 0 amide bonds. The van der Waals surface area contributed by atoms with Gasteiger partial charge in [0.2, 0.25) is 0 Å². The van der Waals surface area contributed by atoms with Crippen LogP contribution in [0.15, 0.2) is 17.0 Å². The van der Waals surface area contributed by atoms with Crippen molar-refractivity contribution in [3.05, 3.63) is 28.8 Å². The average Bonchev–Trinajstić information content (AvgIpc) is 2.25. The predicted octanol–water partition coefficient (Wildman–Crippen LogP) is 5.04. The summed E-state index contributed by atoms with van der Waals surface area (Å²) >= 11 is 2.13. The maximum atomic E-state index is 2.32. The second-order valence-corrected chi connectivity index (χ2v) is 6.42. The molecule has 1 aromatic carbocycles. The van der Waals surface area contributed by atoms with Gasteiger partial charge in [0.15, 0.2) is 0 Å². The van der Waals surface area contributed by atoms with E-state index in [0.717, 1.165) is 5.25 Å². The van der Waals surface area contributed by atoms with Crippen molar-refractivity contribution in [1.82, 2.24) is 0 Å². The molecule has 1 saturated carbocycles. The molecule has 0 bridgehead atoms. The van der Waals surface area contributed by atoms with E-state index in [1.165, 1.54) is 53.7 Å². The molecular formula is C15H22S. The fourth-order valence-electron chi connectivity index (χ4n) is 2.70. The average molecular weight is 234 g/mol. The van der Waals surface area contributed by atoms with Gasteiger partial charge in [-0.1, -0.05) is 37.0 Å². The Bertz CT molecular complexity index is 339. The molecule has 0 aromatic heterocycles. The summed E-state index contributed by atoms with van der Waals surface area (Å²) in [4.78, 5) is 1.54. The minimum atomic E-state index is 0.869. The summed E-state index contributed by atoms with van der Waals surface area (Å²) in [5.74, 6) is 0. The molecule has 0 unspecified atom stereocenters. The minimum absolute atomic E-state index is 0.869. The van der Waals surface area contributed by atoms with Gasteiger partial charge in [-0.15, -0.1) is 11.8 Å². The fourth-order valence-corrected chi connectivity index (χ4v) is 4.09. The Labute approximate surface area is 104 Å². The zero-order chi connectivity index (χ0) is 11.5. The zero-order valence-electron chi connectivity index (χ0n) is 10.7. The standard InChI is InChI=1S/C15H22S/c1-11-9-12(2)15(13(3)10-11)16-14-7-5-4-6-8-14/h9-10,14H,4-8H2,1-3H3. The number of rotatable bonds is 2. The second-order valence-electron chi connectivity index (χ2n) is 5.11. The highest BCUT2D eigenvalue weighted by Crippen LogP contribution is 2.37. The molecule has 0 radical (unpaired) electrons. The second kappa shape index (κ2) is 5.27. The molecule has 0 atom stereocenters. The summed E-state index contributed by atoms with van der Waals surface area (Å²) in [5, 5.41) is 0.869. The fraction of sp³-hybridized carbons (Fsp3) is 0.600. The molecule has 1 heteroatoms. The molecule has 1 fully saturated rings. The van der Waals surface area contributed by atoms with E-state index in [4.69, 9.17) is 0 Å². The van der Waals surface area contributed by atoms with Crippen LogP contribution in [0.4, 0.5) is 0 Å². The number of benzene rings is 1. The van der Waals surface area contributed by atoms with Gasteiger partial charge >= 0.3 is 0 Å². The monoisotopic (exact) mass is 234 g/mol. The van der Waals surface area contributed by atoms with Crippen molar-refractivity contribution in [2.24, 2.45) is 0 Å². The summed E-state index contributed by atoms with van der Waals surface area (Å²) in [6.07, 6.45) is 7.14. The van der Waals surface area contributed by atoms with Gasteiger partial charge < -0.3 is 0 Å². The molecular weight excluding hydrogens is 212 g/mol. The summed E-state index contributed by atoms with van der Waals surface area (Å²) in [6, 6.07) is 4.64. The highest BCUT2D eigenvalue weighted by molar-refractivity contribution is 8.00. The molecule has 1 aliphatic carbocycles. The van der Waals surface area contributed by atoms with Crippen LogP contribution in [0.1, 0.15) is 48.8 Å². The van der Waals surface area contributed by atoms with Crippen LogP contribution in [0, 0.1) is 20.8 Å². The van der Waals surface area contributed by atoms with E-state index in [-0.39, 0.29) is 0 Å². The first kappa shape index (κ1) is 12.0. The van der Waals surface area contributed by atoms with Crippen molar-refractivity contribution in [3.8, 4) is 0 Å². The number of hydrogen-bond acceptors (Lipinski definition) is 1. The third-order valence-corrected chi connectivity index (χ3v) is 5.13. The van der Waals surface area contributed by atoms with Crippen LogP contribution in [0.2, 0.25) is 0 Å². The van der Waals surface area contributed by atoms with E-state index in [2.05, 4.69) is 44.7 Å². The maximum absolute atomic E-state index is 2.32. The molecule has 0 N–H and O–H groups in total. The Kier molecular flexibility index (Phi) is 3.96. The SMILES string of the molecule is Cc1cc(C)c(SC2CCCCC2)c(C)c1. The topological polar surface area (TPSA) is 0 Å². The summed E-state index contributed by atoms with van der Waals surface area (Å²) < 4.78 is 0. The Morgan fingerprint density at radius 3 is 2.06 bits per heavy atom. The molecule has 0 spiro atoms. The van der Waals surface area contributed by atoms with Crippen molar-refractivity contribution in [2.75, 3.05) is 0 Å². The van der Waals surface area contributed by atoms with E-state index < -0.39 is 0 Å². The van der Waals surface area contributed by atoms with Crippen LogP contribution >= 0.6 is 11.8 Å². The van der Waals surface area contributed by atoms with Gasteiger partial charge in [0, 0.05) is 10.1 Å². The largest absolute Gasteiger partial charge is 0.122 e. The number of thioether (sulfide) groups is 1. The Morgan fingerprint density at radius 1 is 0.938 bits per heavy atom. The number of aryl methyl sites for hydroxylation is 3. The summed E-state index contributed by atoms with van der Waals surface area (Å²) in [5.41, 5.74) is 4.32. The summed E-state index contributed by atoms with van der Waals surface area (Å²) in [7, 11) is 0. The van der Waals surface area contributed by atoms with Crippen molar-refractivity contribution in [1.29, 1.82) is 0 Å². The third kappa shape index (κ3) is 2.82. The Morgan fingerprint density at radius 2 is 1.50 bits per heavy atom. The molecule has 0 aliphatic heterocycles. The lowest BCUT2D eigenvalue weighted by Crippen LogP contribution is -2.08. The molecule has 0 saturated heterocycles. The first-order chi connectivity index (χ1) is 7.66. The number of hydrogen-bond donors (Lipinski definition) is 0. The van der Waals surface area contributed by atoms with E-state index in [9.17, 15) is 0 Å². The lowest BCUT2D eigenvalue weighted by atomic mass is 10.0. The van der Waals surface area contributed by atoms with Gasteiger partial charge in [-0.2, -0.15) is 0 Å².